The van der Waals surface area contributed by atoms with Crippen LogP contribution in [0, 0.1) is 6.92 Å². The van der Waals surface area contributed by atoms with Crippen LogP contribution in [0.1, 0.15) is 27.8 Å². The van der Waals surface area contributed by atoms with Crippen LogP contribution in [0.2, 0.25) is 0 Å². The van der Waals surface area contributed by atoms with Crippen molar-refractivity contribution in [3.05, 3.63) is 181 Å². The van der Waals surface area contributed by atoms with Gasteiger partial charge in [0.15, 0.2) is 0 Å². The molecule has 0 aliphatic rings. The lowest BCUT2D eigenvalue weighted by Gasteiger charge is -2.26. The van der Waals surface area contributed by atoms with Gasteiger partial charge in [-0.2, -0.15) is 0 Å². The molecule has 3 heteroatoms. The molecule has 0 aliphatic heterocycles. The minimum atomic E-state index is 0.622. The molecular weight excluding hydrogens is 514 g/mol. The molecule has 5 rings (SSSR count). The van der Waals surface area contributed by atoms with Gasteiger partial charge >= 0.3 is 0 Å². The lowest BCUT2D eigenvalue weighted by Crippen LogP contribution is -2.10. The highest BCUT2D eigenvalue weighted by Gasteiger charge is 2.13. The van der Waals surface area contributed by atoms with Gasteiger partial charge in [0, 0.05) is 23.5 Å². The topological polar surface area (TPSA) is 21.7 Å². The summed E-state index contributed by atoms with van der Waals surface area (Å²) < 4.78 is 10.8. The number of hydrogen-bond donors (Lipinski definition) is 0. The molecule has 0 aromatic heterocycles. The van der Waals surface area contributed by atoms with E-state index < -0.39 is 0 Å². The van der Waals surface area contributed by atoms with Gasteiger partial charge in [-0.05, 0) is 89.4 Å². The predicted molar refractivity (Wildman–Crippen MR) is 176 cm³/mol. The molecule has 0 N–H and O–H groups in total. The Kier molecular flexibility index (Phi) is 9.33. The third-order valence-corrected chi connectivity index (χ3v) is 7.04. The van der Waals surface area contributed by atoms with Crippen LogP contribution < -0.4 is 9.64 Å². The monoisotopic (exact) mass is 549 g/mol. The first-order chi connectivity index (χ1) is 20.6. The molecule has 0 bridgehead atoms. The van der Waals surface area contributed by atoms with Crippen LogP contribution in [0.5, 0.6) is 5.75 Å². The number of aryl methyl sites for hydroxylation is 1. The van der Waals surface area contributed by atoms with Crippen LogP contribution in [0.4, 0.5) is 17.1 Å². The van der Waals surface area contributed by atoms with E-state index in [4.69, 9.17) is 9.47 Å². The Hall–Kier alpha value is -5.28. The normalized spacial score (nSPS) is 11.0. The Morgan fingerprint density at radius 1 is 0.643 bits per heavy atom. The first kappa shape index (κ1) is 28.3. The molecule has 0 saturated carbocycles. The minimum absolute atomic E-state index is 0.622. The molecule has 42 heavy (non-hydrogen) atoms. The number of rotatable bonds is 12. The second-order valence-electron chi connectivity index (χ2n) is 9.95. The van der Waals surface area contributed by atoms with Crippen molar-refractivity contribution in [2.45, 2.75) is 13.3 Å². The van der Waals surface area contributed by atoms with Crippen molar-refractivity contribution < 1.29 is 9.47 Å². The maximum Gasteiger partial charge on any atom is 0.126 e. The molecular formula is C39H35NO2. The van der Waals surface area contributed by atoms with E-state index in [1.54, 1.807) is 0 Å². The van der Waals surface area contributed by atoms with Gasteiger partial charge in [-0.3, -0.25) is 0 Å². The number of nitrogens with zero attached hydrogens (tertiary/aromatic N) is 1. The Balaban J connectivity index is 1.49. The van der Waals surface area contributed by atoms with Gasteiger partial charge < -0.3 is 14.4 Å². The Morgan fingerprint density at radius 3 is 1.81 bits per heavy atom. The number of hydrogen-bond acceptors (Lipinski definition) is 3. The summed E-state index contributed by atoms with van der Waals surface area (Å²) >= 11 is 0. The summed E-state index contributed by atoms with van der Waals surface area (Å²) in [5, 5.41) is 0. The van der Waals surface area contributed by atoms with E-state index in [1.165, 1.54) is 23.7 Å². The van der Waals surface area contributed by atoms with Crippen molar-refractivity contribution in [1.29, 1.82) is 0 Å². The van der Waals surface area contributed by atoms with Crippen molar-refractivity contribution in [3.8, 4) is 5.75 Å². The molecule has 0 atom stereocenters. The van der Waals surface area contributed by atoms with Crippen molar-refractivity contribution >= 4 is 28.7 Å². The molecule has 0 amide bonds. The maximum atomic E-state index is 5.44. The average molecular weight is 550 g/mol. The van der Waals surface area contributed by atoms with E-state index in [0.29, 0.717) is 6.61 Å². The molecule has 0 aliphatic carbocycles. The molecule has 5 aromatic carbocycles. The van der Waals surface area contributed by atoms with Gasteiger partial charge in [-0.15, -0.1) is 0 Å². The third kappa shape index (κ3) is 7.07. The zero-order valence-electron chi connectivity index (χ0n) is 23.9. The van der Waals surface area contributed by atoms with Crippen molar-refractivity contribution in [2.75, 3.05) is 11.5 Å². The van der Waals surface area contributed by atoms with Crippen LogP contribution >= 0.6 is 0 Å². The Bertz CT molecular complexity index is 1620. The fourth-order valence-corrected chi connectivity index (χ4v) is 4.86. The fourth-order valence-electron chi connectivity index (χ4n) is 4.86. The van der Waals surface area contributed by atoms with Crippen LogP contribution in [-0.2, 0) is 11.2 Å². The molecule has 0 heterocycles. The summed E-state index contributed by atoms with van der Waals surface area (Å²) in [6.45, 7) is 10.0. The van der Waals surface area contributed by atoms with Gasteiger partial charge in [0.2, 0.25) is 0 Å². The number of anilines is 3. The van der Waals surface area contributed by atoms with E-state index in [1.807, 2.05) is 18.2 Å². The second kappa shape index (κ2) is 13.9. The summed E-state index contributed by atoms with van der Waals surface area (Å²) in [4.78, 5) is 2.29. The SMILES string of the molecule is C=COCCc1ccc(N(c2ccc(C)cc2)c2ccc(C=C(c3ccccc3)c3ccc(OC=C)cc3)cc2)cc1. The summed E-state index contributed by atoms with van der Waals surface area (Å²) in [6, 6.07) is 44.6. The van der Waals surface area contributed by atoms with E-state index in [0.717, 1.165) is 51.5 Å². The summed E-state index contributed by atoms with van der Waals surface area (Å²) in [6.07, 6.45) is 6.01. The molecule has 0 unspecified atom stereocenters. The predicted octanol–water partition coefficient (Wildman–Crippen LogP) is 10.3. The highest BCUT2D eigenvalue weighted by atomic mass is 16.5. The fraction of sp³-hybridized carbons (Fsp3) is 0.0769. The zero-order valence-corrected chi connectivity index (χ0v) is 23.9. The minimum Gasteiger partial charge on any atom is -0.501 e. The highest BCUT2D eigenvalue weighted by Crippen LogP contribution is 2.35. The molecule has 208 valence electrons. The standard InChI is InChI=1S/C39H35NO2/c1-4-41-28-27-31-13-21-36(22-14-31)40(35-19-11-30(3)12-20-35)37-23-15-32(16-24-37)29-39(33-9-7-6-8-10-33)34-17-25-38(26-18-34)42-5-2/h4-26,29H,1-2,27-28H2,3H3. The maximum absolute atomic E-state index is 5.44. The van der Waals surface area contributed by atoms with Crippen molar-refractivity contribution in [1.82, 2.24) is 0 Å². The van der Waals surface area contributed by atoms with E-state index in [-0.39, 0.29) is 0 Å². The third-order valence-electron chi connectivity index (χ3n) is 7.04. The van der Waals surface area contributed by atoms with Gasteiger partial charge in [-0.25, -0.2) is 0 Å². The van der Waals surface area contributed by atoms with Gasteiger partial charge in [0.05, 0.1) is 19.1 Å². The molecule has 0 saturated heterocycles. The van der Waals surface area contributed by atoms with Crippen LogP contribution in [-0.4, -0.2) is 6.61 Å². The molecule has 5 aromatic rings. The van der Waals surface area contributed by atoms with Gasteiger partial charge in [0.1, 0.15) is 5.75 Å². The summed E-state index contributed by atoms with van der Waals surface area (Å²) in [5.74, 6) is 0.764. The van der Waals surface area contributed by atoms with Crippen molar-refractivity contribution in [2.24, 2.45) is 0 Å². The Morgan fingerprint density at radius 2 is 1.21 bits per heavy atom. The summed E-state index contributed by atoms with van der Waals surface area (Å²) in [5.41, 5.74) is 10.3. The van der Waals surface area contributed by atoms with E-state index in [9.17, 15) is 0 Å². The van der Waals surface area contributed by atoms with Crippen LogP contribution in [0.15, 0.2) is 153 Å². The molecule has 0 fully saturated rings. The average Bonchev–Trinajstić information content (AvgIpc) is 3.03. The first-order valence-corrected chi connectivity index (χ1v) is 14.1. The quantitative estimate of drug-likeness (QED) is 0.0878. The smallest absolute Gasteiger partial charge is 0.126 e. The van der Waals surface area contributed by atoms with E-state index in [2.05, 4.69) is 140 Å². The number of ether oxygens (including phenoxy) is 2. The van der Waals surface area contributed by atoms with Crippen molar-refractivity contribution in [3.63, 3.8) is 0 Å². The summed E-state index contributed by atoms with van der Waals surface area (Å²) in [7, 11) is 0. The Labute approximate surface area is 249 Å². The zero-order chi connectivity index (χ0) is 29.1. The van der Waals surface area contributed by atoms with Crippen LogP contribution in [0.3, 0.4) is 0 Å². The largest absolute Gasteiger partial charge is 0.501 e. The molecule has 0 radical (unpaired) electrons. The lowest BCUT2D eigenvalue weighted by molar-refractivity contribution is 0.255. The van der Waals surface area contributed by atoms with Gasteiger partial charge in [0.25, 0.3) is 0 Å². The lowest BCUT2D eigenvalue weighted by atomic mass is 9.95. The highest BCUT2D eigenvalue weighted by molar-refractivity contribution is 5.92. The van der Waals surface area contributed by atoms with E-state index >= 15 is 0 Å². The molecule has 0 spiro atoms. The van der Waals surface area contributed by atoms with Crippen LogP contribution in [0.25, 0.3) is 11.6 Å². The first-order valence-electron chi connectivity index (χ1n) is 14.1. The second-order valence-corrected chi connectivity index (χ2v) is 9.95. The molecule has 3 nitrogen and oxygen atoms in total. The van der Waals surface area contributed by atoms with Gasteiger partial charge in [-0.1, -0.05) is 97.6 Å². The number of benzene rings is 5.